The molecule has 0 aliphatic rings. The van der Waals surface area contributed by atoms with Gasteiger partial charge in [-0.3, -0.25) is 9.36 Å². The second kappa shape index (κ2) is 10.5. The van der Waals surface area contributed by atoms with E-state index in [9.17, 15) is 28.8 Å². The Labute approximate surface area is 166 Å². The Morgan fingerprint density at radius 2 is 1.76 bits per heavy atom. The van der Waals surface area contributed by atoms with E-state index in [2.05, 4.69) is 5.32 Å². The van der Waals surface area contributed by atoms with Gasteiger partial charge in [-0.05, 0) is 27.4 Å². The van der Waals surface area contributed by atoms with Gasteiger partial charge in [-0.25, -0.2) is 0 Å². The fourth-order valence-corrected chi connectivity index (χ4v) is 3.30. The zero-order chi connectivity index (χ0) is 15.5. The van der Waals surface area contributed by atoms with Crippen LogP contribution in [0.25, 0.3) is 0 Å². The number of aliphatic hydroxyl groups is 1. The van der Waals surface area contributed by atoms with E-state index in [0.29, 0.717) is 0 Å². The zero-order valence-electron chi connectivity index (χ0n) is 12.1. The molecule has 1 amide bonds. The largest absolute Gasteiger partial charge is 1.00 e. The number of carbonyl (C=O) groups is 1. The molecule has 21 heavy (non-hydrogen) atoms. The normalized spacial score (nSPS) is 16.0. The Bertz CT molecular complexity index is 401. The summed E-state index contributed by atoms with van der Waals surface area (Å²) in [7, 11) is -11.5. The summed E-state index contributed by atoms with van der Waals surface area (Å²) in [6, 6.07) is -0.814. The van der Waals surface area contributed by atoms with Crippen LogP contribution in [0.5, 0.6) is 0 Å². The fourth-order valence-electron chi connectivity index (χ4n) is 1.14. The van der Waals surface area contributed by atoms with Crippen LogP contribution in [0.4, 0.5) is 0 Å². The van der Waals surface area contributed by atoms with Crippen molar-refractivity contribution in [2.45, 2.75) is 30.9 Å². The van der Waals surface area contributed by atoms with Gasteiger partial charge in [0.1, 0.15) is 0 Å². The van der Waals surface area contributed by atoms with Crippen LogP contribution in [0.2, 0.25) is 0 Å². The topological polar surface area (TPSA) is 196 Å². The molecule has 0 radical (unpaired) electrons. The number of nitrogens with one attached hydrogen (secondary N) is 1. The molecule has 0 aliphatic heterocycles. The molecule has 2 atom stereocenters. The molecule has 14 heteroatoms. The van der Waals surface area contributed by atoms with Crippen LogP contribution in [0, 0.1) is 0 Å². The van der Waals surface area contributed by atoms with Gasteiger partial charge in [0.25, 0.3) is 0 Å². The first-order chi connectivity index (χ1) is 8.33. The summed E-state index contributed by atoms with van der Waals surface area (Å²) < 4.78 is 21.7. The van der Waals surface area contributed by atoms with Gasteiger partial charge >= 0.3 is 66.7 Å². The summed E-state index contributed by atoms with van der Waals surface area (Å²) in [5.41, 5.74) is 5.21. The maximum Gasteiger partial charge on any atom is 1.00 e. The minimum absolute atomic E-state index is 0. The Hall–Kier alpha value is 1.69. The molecule has 0 bridgehead atoms. The second-order valence-corrected chi connectivity index (χ2v) is 7.91. The molecule has 0 aliphatic carbocycles. The van der Waals surface area contributed by atoms with E-state index in [1.807, 2.05) is 0 Å². The van der Waals surface area contributed by atoms with Crippen LogP contribution >= 0.6 is 15.2 Å². The molecule has 6 N–H and O–H groups in total. The summed E-state index contributed by atoms with van der Waals surface area (Å²) in [4.78, 5) is 50.0. The number of carbonyl (C=O) groups excluding carboxylic acids is 1. The third-order valence-electron chi connectivity index (χ3n) is 2.31. The van der Waals surface area contributed by atoms with Crippen LogP contribution in [0.3, 0.4) is 0 Å². The van der Waals surface area contributed by atoms with E-state index in [1.165, 1.54) is 6.92 Å². The Balaban J connectivity index is -0.00000162. The van der Waals surface area contributed by atoms with Crippen molar-refractivity contribution >= 4 is 21.1 Å². The minimum Gasteiger partial charge on any atom is -0.808 e. The first kappa shape index (κ1) is 27.5. The average Bonchev–Trinajstić information content (AvgIpc) is 2.20. The minimum atomic E-state index is -5.94. The van der Waals surface area contributed by atoms with E-state index in [0.717, 1.165) is 0 Å². The molecule has 0 heterocycles. The molecular weight excluding hydrogens is 348 g/mol. The number of hydrogen-bond acceptors (Lipinski definition) is 7. The van der Waals surface area contributed by atoms with Crippen molar-refractivity contribution in [3.8, 4) is 0 Å². The summed E-state index contributed by atoms with van der Waals surface area (Å²) in [5, 5.41) is 7.94. The van der Waals surface area contributed by atoms with Crippen molar-refractivity contribution in [3.05, 3.63) is 0 Å². The van der Waals surface area contributed by atoms with E-state index < -0.39 is 38.6 Å². The predicted molar refractivity (Wildman–Crippen MR) is 60.5 cm³/mol. The maximum absolute atomic E-state index is 11.0. The van der Waals surface area contributed by atoms with Gasteiger partial charge in [0.05, 0.1) is 6.04 Å². The quantitative estimate of drug-likeness (QED) is 0.165. The Kier molecular flexibility index (Phi) is 13.8. The van der Waals surface area contributed by atoms with E-state index >= 15 is 0 Å². The van der Waals surface area contributed by atoms with Gasteiger partial charge in [0.2, 0.25) is 5.91 Å². The van der Waals surface area contributed by atoms with Crippen molar-refractivity contribution < 1.29 is 97.7 Å². The molecule has 0 aromatic heterocycles. The van der Waals surface area contributed by atoms with Gasteiger partial charge in [0, 0.05) is 6.54 Å². The van der Waals surface area contributed by atoms with Crippen LogP contribution in [-0.4, -0.2) is 38.5 Å². The molecule has 0 fully saturated rings. The standard InChI is InChI=1S/C7H18N2O8P2.2Na/c1-5(8)6(10)9-4-2-3-7(11,18(12,13)14)19(15,16)17;;/h5,11H,2-4,8H2,1H3,(H,9,10)(H2,12,13,14)(H2,15,16,17);;/q;2*+1/p-2/t5-;;/m0../s1. The number of nitrogens with two attached hydrogens (primary N) is 1. The molecule has 0 saturated carbocycles. The second-order valence-electron chi connectivity index (χ2n) is 4.00. The van der Waals surface area contributed by atoms with Gasteiger partial charge in [-0.2, -0.15) is 0 Å². The third kappa shape index (κ3) is 8.37. The Morgan fingerprint density at radius 3 is 2.05 bits per heavy atom. The van der Waals surface area contributed by atoms with Crippen molar-refractivity contribution in [1.82, 2.24) is 5.32 Å². The predicted octanol–water partition coefficient (Wildman–Crippen LogP) is -9.02. The van der Waals surface area contributed by atoms with Crippen molar-refractivity contribution in [2.75, 3.05) is 6.54 Å². The van der Waals surface area contributed by atoms with E-state index in [4.69, 9.17) is 15.5 Å². The molecule has 10 nitrogen and oxygen atoms in total. The third-order valence-corrected chi connectivity index (χ3v) is 6.08. The van der Waals surface area contributed by atoms with E-state index in [-0.39, 0.29) is 72.1 Å². The van der Waals surface area contributed by atoms with Crippen LogP contribution in [-0.2, 0) is 13.9 Å². The van der Waals surface area contributed by atoms with Gasteiger partial charge in [0.15, 0.2) is 5.08 Å². The smallest absolute Gasteiger partial charge is 0.808 e. The molecule has 0 saturated heterocycles. The van der Waals surface area contributed by atoms with Crippen molar-refractivity contribution in [1.29, 1.82) is 0 Å². The van der Waals surface area contributed by atoms with E-state index in [1.54, 1.807) is 0 Å². The maximum atomic E-state index is 11.0. The summed E-state index contributed by atoms with van der Waals surface area (Å²) in [6.45, 7) is 1.20. The first-order valence-electron chi connectivity index (χ1n) is 5.16. The number of hydrogen-bond donors (Lipinski definition) is 5. The zero-order valence-corrected chi connectivity index (χ0v) is 17.8. The molecule has 0 rings (SSSR count). The van der Waals surface area contributed by atoms with Gasteiger partial charge in [-0.15, -0.1) is 0 Å². The number of rotatable bonds is 7. The first-order valence-corrected chi connectivity index (χ1v) is 8.32. The summed E-state index contributed by atoms with van der Waals surface area (Å²) in [5.74, 6) is -0.563. The van der Waals surface area contributed by atoms with Crippen LogP contribution in [0.1, 0.15) is 19.8 Å². The number of amides is 1. The average molecular weight is 364 g/mol. The SMILES string of the molecule is C[C@H](N)C(=O)NCCCC(O)(P(=O)([O-])[O-])P(=O)(O)O.[Na+].[Na+]. The molecule has 1 unspecified atom stereocenters. The molecule has 0 aromatic carbocycles. The van der Waals surface area contributed by atoms with Crippen LogP contribution < -0.4 is 80.0 Å². The van der Waals surface area contributed by atoms with Crippen LogP contribution in [0.15, 0.2) is 0 Å². The fraction of sp³-hybridized carbons (Fsp3) is 0.857. The summed E-state index contributed by atoms with van der Waals surface area (Å²) in [6.07, 6.45) is -1.32. The molecule has 0 aromatic rings. The van der Waals surface area contributed by atoms with Gasteiger partial charge in [-0.1, -0.05) is 0 Å². The molecule has 114 valence electrons. The molecular formula is C7H16N2Na2O8P2. The molecule has 0 spiro atoms. The summed E-state index contributed by atoms with van der Waals surface area (Å²) >= 11 is 0. The van der Waals surface area contributed by atoms with Crippen molar-refractivity contribution in [3.63, 3.8) is 0 Å². The monoisotopic (exact) mass is 364 g/mol. The van der Waals surface area contributed by atoms with Crippen molar-refractivity contribution in [2.24, 2.45) is 5.73 Å². The van der Waals surface area contributed by atoms with Gasteiger partial charge < -0.3 is 40.3 Å². The Morgan fingerprint density at radius 1 is 1.33 bits per heavy atom.